The highest BCUT2D eigenvalue weighted by Crippen LogP contribution is 2.27. The van der Waals surface area contributed by atoms with Crippen molar-refractivity contribution in [2.45, 2.75) is 19.0 Å². The standard InChI is InChI=1S/C23H24ClN3O6/c1-32-11-10-25-23(31)26-20(28)14-33-22(30)19-12-15-6-2-3-7-16(15)13-27(19)21(29)17-8-4-5-9-18(17)24/h2-9,19H,10-14H2,1H3,(H2,25,26,28,31). The van der Waals surface area contributed by atoms with Crippen LogP contribution in [0.4, 0.5) is 4.79 Å². The van der Waals surface area contributed by atoms with Gasteiger partial charge in [0.1, 0.15) is 6.04 Å². The van der Waals surface area contributed by atoms with E-state index in [1.54, 1.807) is 24.3 Å². The lowest BCUT2D eigenvalue weighted by molar-refractivity contribution is -0.153. The first-order chi connectivity index (χ1) is 15.9. The van der Waals surface area contributed by atoms with Gasteiger partial charge in [-0.05, 0) is 23.3 Å². The Morgan fingerprint density at radius 1 is 1.06 bits per heavy atom. The number of methoxy groups -OCH3 is 1. The number of hydrogen-bond acceptors (Lipinski definition) is 6. The van der Waals surface area contributed by atoms with Crippen molar-refractivity contribution < 1.29 is 28.7 Å². The fourth-order valence-electron chi connectivity index (χ4n) is 3.44. The van der Waals surface area contributed by atoms with Gasteiger partial charge in [0.05, 0.1) is 17.2 Å². The van der Waals surface area contributed by atoms with Crippen molar-refractivity contribution in [2.24, 2.45) is 0 Å². The van der Waals surface area contributed by atoms with E-state index < -0.39 is 36.5 Å². The highest BCUT2D eigenvalue weighted by atomic mass is 35.5. The van der Waals surface area contributed by atoms with Crippen LogP contribution >= 0.6 is 11.6 Å². The lowest BCUT2D eigenvalue weighted by atomic mass is 9.93. The minimum absolute atomic E-state index is 0.189. The summed E-state index contributed by atoms with van der Waals surface area (Å²) < 4.78 is 9.95. The van der Waals surface area contributed by atoms with Gasteiger partial charge >= 0.3 is 12.0 Å². The SMILES string of the molecule is COCCNC(=O)NC(=O)COC(=O)C1Cc2ccccc2CN1C(=O)c1ccccc1Cl. The van der Waals surface area contributed by atoms with E-state index in [9.17, 15) is 19.2 Å². The number of nitrogens with one attached hydrogen (secondary N) is 2. The molecule has 33 heavy (non-hydrogen) atoms. The highest BCUT2D eigenvalue weighted by Gasteiger charge is 2.36. The molecule has 4 amide bonds. The van der Waals surface area contributed by atoms with E-state index in [4.69, 9.17) is 21.1 Å². The molecule has 0 aromatic heterocycles. The van der Waals surface area contributed by atoms with Crippen LogP contribution in [0, 0.1) is 0 Å². The second-order valence-electron chi connectivity index (χ2n) is 7.31. The summed E-state index contributed by atoms with van der Waals surface area (Å²) in [6.45, 7) is 0.0297. The fourth-order valence-corrected chi connectivity index (χ4v) is 3.66. The molecule has 1 aliphatic heterocycles. The molecule has 0 saturated carbocycles. The van der Waals surface area contributed by atoms with Crippen molar-refractivity contribution >= 4 is 35.4 Å². The topological polar surface area (TPSA) is 114 Å². The average Bonchev–Trinajstić information content (AvgIpc) is 2.81. The second kappa shape index (κ2) is 11.4. The van der Waals surface area contributed by atoms with Crippen LogP contribution in [-0.4, -0.2) is 61.6 Å². The third kappa shape index (κ3) is 6.30. The Kier molecular flexibility index (Phi) is 8.39. The molecular weight excluding hydrogens is 450 g/mol. The van der Waals surface area contributed by atoms with Gasteiger partial charge in [0.2, 0.25) is 0 Å². The molecule has 174 valence electrons. The lowest BCUT2D eigenvalue weighted by Gasteiger charge is -2.35. The van der Waals surface area contributed by atoms with Crippen LogP contribution in [0.5, 0.6) is 0 Å². The van der Waals surface area contributed by atoms with Crippen LogP contribution in [0.25, 0.3) is 0 Å². The number of hydrogen-bond donors (Lipinski definition) is 2. The van der Waals surface area contributed by atoms with Crippen molar-refractivity contribution in [1.29, 1.82) is 0 Å². The summed E-state index contributed by atoms with van der Waals surface area (Å²) in [4.78, 5) is 51.1. The molecule has 2 aromatic carbocycles. The Morgan fingerprint density at radius 2 is 1.76 bits per heavy atom. The number of urea groups is 1. The van der Waals surface area contributed by atoms with Crippen molar-refractivity contribution in [1.82, 2.24) is 15.5 Å². The van der Waals surface area contributed by atoms with Crippen LogP contribution in [0.2, 0.25) is 5.02 Å². The van der Waals surface area contributed by atoms with Crippen molar-refractivity contribution in [3.63, 3.8) is 0 Å². The molecule has 10 heteroatoms. The van der Waals surface area contributed by atoms with Crippen LogP contribution in [0.15, 0.2) is 48.5 Å². The number of amides is 4. The molecule has 0 bridgehead atoms. The highest BCUT2D eigenvalue weighted by molar-refractivity contribution is 6.33. The van der Waals surface area contributed by atoms with Gasteiger partial charge in [0.15, 0.2) is 6.61 Å². The second-order valence-corrected chi connectivity index (χ2v) is 7.71. The number of fused-ring (bicyclic) bond motifs is 1. The third-order valence-corrected chi connectivity index (χ3v) is 5.41. The molecule has 1 unspecified atom stereocenters. The average molecular weight is 474 g/mol. The lowest BCUT2D eigenvalue weighted by Crippen LogP contribution is -2.50. The number of rotatable bonds is 7. The summed E-state index contributed by atoms with van der Waals surface area (Å²) in [5.41, 5.74) is 2.08. The van der Waals surface area contributed by atoms with Crippen molar-refractivity contribution in [3.8, 4) is 0 Å². The number of nitrogens with zero attached hydrogens (tertiary/aromatic N) is 1. The molecule has 0 fully saturated rings. The van der Waals surface area contributed by atoms with Gasteiger partial charge in [-0.3, -0.25) is 14.9 Å². The Hall–Kier alpha value is -3.43. The maximum atomic E-state index is 13.2. The molecule has 3 rings (SSSR count). The summed E-state index contributed by atoms with van der Waals surface area (Å²) in [5.74, 6) is -1.96. The number of ether oxygens (including phenoxy) is 2. The van der Waals surface area contributed by atoms with Gasteiger partial charge < -0.3 is 19.7 Å². The van der Waals surface area contributed by atoms with E-state index in [1.807, 2.05) is 24.3 Å². The fraction of sp³-hybridized carbons (Fsp3) is 0.304. The van der Waals surface area contributed by atoms with Crippen LogP contribution in [0.1, 0.15) is 21.5 Å². The van der Waals surface area contributed by atoms with E-state index in [1.165, 1.54) is 12.0 Å². The zero-order valence-electron chi connectivity index (χ0n) is 18.0. The van der Waals surface area contributed by atoms with Crippen LogP contribution < -0.4 is 10.6 Å². The van der Waals surface area contributed by atoms with Gasteiger partial charge in [-0.1, -0.05) is 48.0 Å². The zero-order chi connectivity index (χ0) is 23.8. The Bertz CT molecular complexity index is 1040. The Labute approximate surface area is 196 Å². The molecule has 1 heterocycles. The maximum absolute atomic E-state index is 13.2. The van der Waals surface area contributed by atoms with Gasteiger partial charge in [-0.25, -0.2) is 9.59 Å². The molecule has 0 radical (unpaired) electrons. The number of imide groups is 1. The van der Waals surface area contributed by atoms with Crippen LogP contribution in [0.3, 0.4) is 0 Å². The van der Waals surface area contributed by atoms with E-state index in [0.29, 0.717) is 0 Å². The Balaban J connectivity index is 1.69. The first-order valence-electron chi connectivity index (χ1n) is 10.3. The van der Waals surface area contributed by atoms with E-state index in [-0.39, 0.29) is 36.7 Å². The molecule has 1 atom stereocenters. The van der Waals surface area contributed by atoms with Crippen LogP contribution in [-0.2, 0) is 32.0 Å². The molecule has 2 aromatic rings. The molecular formula is C23H24ClN3O6. The molecule has 0 spiro atoms. The number of esters is 1. The van der Waals surface area contributed by atoms with E-state index >= 15 is 0 Å². The zero-order valence-corrected chi connectivity index (χ0v) is 18.8. The quantitative estimate of drug-likeness (QED) is 0.469. The predicted molar refractivity (Wildman–Crippen MR) is 120 cm³/mol. The largest absolute Gasteiger partial charge is 0.454 e. The first-order valence-corrected chi connectivity index (χ1v) is 10.6. The number of benzene rings is 2. The summed E-state index contributed by atoms with van der Waals surface area (Å²) in [6.07, 6.45) is 0.227. The third-order valence-electron chi connectivity index (χ3n) is 5.08. The predicted octanol–water partition coefficient (Wildman–Crippen LogP) is 1.92. The van der Waals surface area contributed by atoms with E-state index in [2.05, 4.69) is 10.6 Å². The number of carbonyl (C=O) groups excluding carboxylic acids is 4. The summed E-state index contributed by atoms with van der Waals surface area (Å²) >= 11 is 6.20. The van der Waals surface area contributed by atoms with Gasteiger partial charge in [0.25, 0.3) is 11.8 Å². The number of carbonyl (C=O) groups is 4. The smallest absolute Gasteiger partial charge is 0.329 e. The molecule has 1 aliphatic rings. The minimum atomic E-state index is -0.952. The number of halogens is 1. The van der Waals surface area contributed by atoms with Crippen molar-refractivity contribution in [3.05, 3.63) is 70.2 Å². The molecule has 2 N–H and O–H groups in total. The monoisotopic (exact) mass is 473 g/mol. The maximum Gasteiger partial charge on any atom is 0.329 e. The summed E-state index contributed by atoms with van der Waals surface area (Å²) in [7, 11) is 1.48. The van der Waals surface area contributed by atoms with Crippen molar-refractivity contribution in [2.75, 3.05) is 26.9 Å². The summed E-state index contributed by atoms with van der Waals surface area (Å²) in [6, 6.07) is 12.4. The first kappa shape index (κ1) is 24.2. The molecule has 0 aliphatic carbocycles. The minimum Gasteiger partial charge on any atom is -0.454 e. The normalized spacial score (nSPS) is 14.7. The molecule has 0 saturated heterocycles. The van der Waals surface area contributed by atoms with Gasteiger partial charge in [-0.15, -0.1) is 0 Å². The molecule has 9 nitrogen and oxygen atoms in total. The van der Waals surface area contributed by atoms with Gasteiger partial charge in [0, 0.05) is 26.6 Å². The van der Waals surface area contributed by atoms with Gasteiger partial charge in [-0.2, -0.15) is 0 Å². The summed E-state index contributed by atoms with van der Waals surface area (Å²) in [5, 5.41) is 4.75. The Morgan fingerprint density at radius 3 is 2.48 bits per heavy atom. The van der Waals surface area contributed by atoms with E-state index in [0.717, 1.165) is 11.1 Å².